The summed E-state index contributed by atoms with van der Waals surface area (Å²) in [4.78, 5) is 1.10. The molecular weight excluding hydrogens is 222 g/mol. The van der Waals surface area contributed by atoms with Crippen LogP contribution >= 0.6 is 11.8 Å². The number of aliphatic hydroxyl groups excluding tert-OH is 1. The third kappa shape index (κ3) is 5.53. The van der Waals surface area contributed by atoms with E-state index in [1.807, 2.05) is 19.4 Å². The number of aryl methyl sites for hydroxylation is 1. The fourth-order valence-electron chi connectivity index (χ4n) is 1.26. The quantitative estimate of drug-likeness (QED) is 0.705. The molecule has 4 nitrogen and oxygen atoms in total. The molecule has 0 aliphatic rings. The number of hydrogen-bond acceptors (Lipinski definition) is 4. The van der Waals surface area contributed by atoms with Crippen molar-refractivity contribution in [2.24, 2.45) is 13.0 Å². The lowest BCUT2D eigenvalue weighted by Gasteiger charge is -2.12. The molecule has 0 aromatic carbocycles. The lowest BCUT2D eigenvalue weighted by molar-refractivity contribution is 0.194. The summed E-state index contributed by atoms with van der Waals surface area (Å²) in [6.07, 6.45) is 3.47. The van der Waals surface area contributed by atoms with Crippen LogP contribution in [-0.2, 0) is 7.05 Å². The van der Waals surface area contributed by atoms with E-state index in [4.69, 9.17) is 0 Å². The van der Waals surface area contributed by atoms with E-state index in [-0.39, 0.29) is 6.10 Å². The number of nitrogens with one attached hydrogen (secondary N) is 1. The molecular formula is C11H21N3OS. The molecule has 0 spiro atoms. The predicted octanol–water partition coefficient (Wildman–Crippen LogP) is 1.12. The van der Waals surface area contributed by atoms with Gasteiger partial charge in [0.05, 0.1) is 12.3 Å². The summed E-state index contributed by atoms with van der Waals surface area (Å²) in [7, 11) is 1.89. The van der Waals surface area contributed by atoms with Crippen LogP contribution in [0.4, 0.5) is 0 Å². The van der Waals surface area contributed by atoms with Gasteiger partial charge in [-0.2, -0.15) is 5.10 Å². The van der Waals surface area contributed by atoms with Crippen LogP contribution in [0.5, 0.6) is 0 Å². The maximum Gasteiger partial charge on any atom is 0.0758 e. The lowest BCUT2D eigenvalue weighted by Crippen LogP contribution is -2.30. The average molecular weight is 243 g/mol. The molecule has 5 heteroatoms. The number of hydrogen-bond donors (Lipinski definition) is 2. The highest BCUT2D eigenvalue weighted by atomic mass is 32.2. The highest BCUT2D eigenvalue weighted by Crippen LogP contribution is 2.16. The van der Waals surface area contributed by atoms with Crippen molar-refractivity contribution in [1.82, 2.24) is 15.1 Å². The van der Waals surface area contributed by atoms with Crippen LogP contribution in [0.3, 0.4) is 0 Å². The molecule has 0 fully saturated rings. The molecule has 2 N–H and O–H groups in total. The first-order valence-electron chi connectivity index (χ1n) is 5.58. The van der Waals surface area contributed by atoms with E-state index < -0.39 is 0 Å². The summed E-state index contributed by atoms with van der Waals surface area (Å²) in [5.41, 5.74) is 0. The molecule has 1 aromatic heterocycles. The summed E-state index contributed by atoms with van der Waals surface area (Å²) < 4.78 is 1.77. The van der Waals surface area contributed by atoms with Crippen molar-refractivity contribution in [2.75, 3.05) is 18.8 Å². The highest BCUT2D eigenvalue weighted by molar-refractivity contribution is 7.99. The summed E-state index contributed by atoms with van der Waals surface area (Å²) >= 11 is 1.63. The van der Waals surface area contributed by atoms with E-state index in [1.165, 1.54) is 0 Å². The van der Waals surface area contributed by atoms with Crippen LogP contribution in [0.25, 0.3) is 0 Å². The molecule has 1 unspecified atom stereocenters. The molecule has 1 rings (SSSR count). The van der Waals surface area contributed by atoms with Gasteiger partial charge in [0.2, 0.25) is 0 Å². The van der Waals surface area contributed by atoms with E-state index in [1.54, 1.807) is 16.4 Å². The minimum atomic E-state index is -0.302. The van der Waals surface area contributed by atoms with Crippen LogP contribution < -0.4 is 5.32 Å². The fraction of sp³-hybridized carbons (Fsp3) is 0.727. The second-order valence-corrected chi connectivity index (χ2v) is 5.46. The minimum absolute atomic E-state index is 0.302. The van der Waals surface area contributed by atoms with Crippen molar-refractivity contribution in [1.29, 1.82) is 0 Å². The third-order valence-corrected chi connectivity index (χ3v) is 3.15. The summed E-state index contributed by atoms with van der Waals surface area (Å²) in [5, 5.41) is 17.0. The Labute approximate surface area is 101 Å². The van der Waals surface area contributed by atoms with Crippen LogP contribution in [-0.4, -0.2) is 39.8 Å². The van der Waals surface area contributed by atoms with Gasteiger partial charge in [-0.25, -0.2) is 0 Å². The van der Waals surface area contributed by atoms with Crippen molar-refractivity contribution < 1.29 is 5.11 Å². The number of nitrogens with zero attached hydrogens (tertiary/aromatic N) is 2. The zero-order valence-electron chi connectivity index (χ0n) is 10.2. The number of thioether (sulfide) groups is 1. The molecule has 0 aliphatic carbocycles. The predicted molar refractivity (Wildman–Crippen MR) is 67.6 cm³/mol. The van der Waals surface area contributed by atoms with E-state index in [9.17, 15) is 5.11 Å². The van der Waals surface area contributed by atoms with Crippen LogP contribution in [0, 0.1) is 5.92 Å². The minimum Gasteiger partial charge on any atom is -0.391 e. The topological polar surface area (TPSA) is 50.1 Å². The van der Waals surface area contributed by atoms with Crippen LogP contribution in [0.15, 0.2) is 17.3 Å². The van der Waals surface area contributed by atoms with Gasteiger partial charge in [0.15, 0.2) is 0 Å². The smallest absolute Gasteiger partial charge is 0.0758 e. The zero-order chi connectivity index (χ0) is 12.0. The summed E-state index contributed by atoms with van der Waals surface area (Å²) in [6, 6.07) is 0. The Morgan fingerprint density at radius 3 is 2.81 bits per heavy atom. The van der Waals surface area contributed by atoms with Crippen LogP contribution in [0.2, 0.25) is 0 Å². The Bertz CT molecular complexity index is 301. The van der Waals surface area contributed by atoms with Gasteiger partial charge in [0.25, 0.3) is 0 Å². The zero-order valence-corrected chi connectivity index (χ0v) is 11.0. The first kappa shape index (κ1) is 13.5. The van der Waals surface area contributed by atoms with Crippen molar-refractivity contribution in [3.05, 3.63) is 12.4 Å². The molecule has 0 amide bonds. The Balaban J connectivity index is 2.12. The summed E-state index contributed by atoms with van der Waals surface area (Å²) in [5.74, 6) is 1.33. The molecule has 0 bridgehead atoms. The molecule has 0 radical (unpaired) electrons. The van der Waals surface area contributed by atoms with Crippen molar-refractivity contribution >= 4 is 11.8 Å². The van der Waals surface area contributed by atoms with Gasteiger partial charge >= 0.3 is 0 Å². The Hall–Kier alpha value is -0.520. The Morgan fingerprint density at radius 1 is 1.50 bits per heavy atom. The molecule has 1 atom stereocenters. The largest absolute Gasteiger partial charge is 0.391 e. The van der Waals surface area contributed by atoms with Gasteiger partial charge < -0.3 is 10.4 Å². The maximum absolute atomic E-state index is 9.72. The van der Waals surface area contributed by atoms with E-state index in [0.717, 1.165) is 11.4 Å². The maximum atomic E-state index is 9.72. The van der Waals surface area contributed by atoms with Gasteiger partial charge in [-0.05, 0) is 12.5 Å². The third-order valence-electron chi connectivity index (χ3n) is 2.06. The molecule has 16 heavy (non-hydrogen) atoms. The Morgan fingerprint density at radius 2 is 2.25 bits per heavy atom. The molecule has 1 aromatic rings. The molecule has 0 saturated heterocycles. The van der Waals surface area contributed by atoms with Crippen LogP contribution in [0.1, 0.15) is 13.8 Å². The lowest BCUT2D eigenvalue weighted by atomic mass is 10.2. The second-order valence-electron chi connectivity index (χ2n) is 4.37. The van der Waals surface area contributed by atoms with E-state index in [0.29, 0.717) is 18.2 Å². The monoisotopic (exact) mass is 243 g/mol. The Kier molecular flexibility index (Phi) is 5.87. The van der Waals surface area contributed by atoms with Crippen molar-refractivity contribution in [3.63, 3.8) is 0 Å². The highest BCUT2D eigenvalue weighted by Gasteiger charge is 2.06. The van der Waals surface area contributed by atoms with Crippen molar-refractivity contribution in [2.45, 2.75) is 24.8 Å². The number of aliphatic hydroxyl groups is 1. The van der Waals surface area contributed by atoms with Gasteiger partial charge in [0, 0.05) is 30.4 Å². The standard InChI is InChI=1S/C11H21N3OS/c1-9(2)4-12-5-10(15)8-16-11-6-13-14(3)7-11/h6-7,9-10,12,15H,4-5,8H2,1-3H3. The summed E-state index contributed by atoms with van der Waals surface area (Å²) in [6.45, 7) is 5.92. The SMILES string of the molecule is CC(C)CNCC(O)CSc1cnn(C)c1. The number of aromatic nitrogens is 2. The van der Waals surface area contributed by atoms with E-state index >= 15 is 0 Å². The first-order chi connectivity index (χ1) is 7.58. The van der Waals surface area contributed by atoms with E-state index in [2.05, 4.69) is 24.3 Å². The van der Waals surface area contributed by atoms with Crippen molar-refractivity contribution in [3.8, 4) is 0 Å². The van der Waals surface area contributed by atoms with Gasteiger partial charge in [0.1, 0.15) is 0 Å². The second kappa shape index (κ2) is 6.93. The van der Waals surface area contributed by atoms with Gasteiger partial charge in [-0.1, -0.05) is 13.8 Å². The molecule has 92 valence electrons. The normalized spacial score (nSPS) is 13.3. The van der Waals surface area contributed by atoms with Gasteiger partial charge in [-0.15, -0.1) is 11.8 Å². The fourth-order valence-corrected chi connectivity index (χ4v) is 2.11. The number of rotatable bonds is 7. The molecule has 0 aliphatic heterocycles. The first-order valence-corrected chi connectivity index (χ1v) is 6.56. The molecule has 0 saturated carbocycles. The molecule has 1 heterocycles. The van der Waals surface area contributed by atoms with Gasteiger partial charge in [-0.3, -0.25) is 4.68 Å². The average Bonchev–Trinajstić information content (AvgIpc) is 2.61.